The second kappa shape index (κ2) is 11.9. The van der Waals surface area contributed by atoms with E-state index in [1.807, 2.05) is 36.4 Å². The number of piperidine rings is 2. The molecule has 31 heavy (non-hydrogen) atoms. The Morgan fingerprint density at radius 2 is 1.58 bits per heavy atom. The van der Waals surface area contributed by atoms with E-state index in [2.05, 4.69) is 60.5 Å². The van der Waals surface area contributed by atoms with E-state index in [-0.39, 0.29) is 11.3 Å². The fraction of sp³-hybridized carbons (Fsp3) is 0.464. The van der Waals surface area contributed by atoms with Gasteiger partial charge in [-0.3, -0.25) is 9.69 Å². The Morgan fingerprint density at radius 3 is 2.16 bits per heavy atom. The summed E-state index contributed by atoms with van der Waals surface area (Å²) in [6.07, 6.45) is 8.59. The number of unbranched alkanes of at least 4 members (excludes halogenated alkanes) is 1. The van der Waals surface area contributed by atoms with Crippen LogP contribution in [0.1, 0.15) is 57.9 Å². The molecule has 2 aliphatic heterocycles. The fourth-order valence-electron chi connectivity index (χ4n) is 4.81. The van der Waals surface area contributed by atoms with Crippen LogP contribution in [0.15, 0.2) is 78.5 Å². The minimum Gasteiger partial charge on any atom is -0.330 e. The Labute approximate surface area is 188 Å². The van der Waals surface area contributed by atoms with E-state index in [1.165, 1.54) is 24.1 Å². The van der Waals surface area contributed by atoms with Crippen LogP contribution in [0.4, 0.5) is 0 Å². The summed E-state index contributed by atoms with van der Waals surface area (Å²) < 4.78 is 0. The Bertz CT molecular complexity index is 783. The van der Waals surface area contributed by atoms with Crippen molar-refractivity contribution in [3.05, 3.63) is 84.1 Å². The molecule has 1 amide bonds. The molecule has 0 aromatic heterocycles. The zero-order chi connectivity index (χ0) is 21.9. The molecule has 166 valence electrons. The molecule has 0 aliphatic carbocycles. The smallest absolute Gasteiger partial charge is 0.224 e. The first-order valence-corrected chi connectivity index (χ1v) is 11.9. The first-order chi connectivity index (χ1) is 15.1. The Morgan fingerprint density at radius 1 is 1.00 bits per heavy atom. The second-order valence-electron chi connectivity index (χ2n) is 9.06. The van der Waals surface area contributed by atoms with Crippen molar-refractivity contribution in [1.29, 1.82) is 0 Å². The molecule has 3 heteroatoms. The third-order valence-electron chi connectivity index (χ3n) is 6.80. The number of amides is 1. The number of carbonyl (C=O) groups excluding carboxylic acids is 1. The lowest BCUT2D eigenvalue weighted by Crippen LogP contribution is -2.47. The van der Waals surface area contributed by atoms with Gasteiger partial charge >= 0.3 is 0 Å². The van der Waals surface area contributed by atoms with Crippen LogP contribution < -0.4 is 5.32 Å². The Hall–Kier alpha value is -2.39. The monoisotopic (exact) mass is 418 g/mol. The van der Waals surface area contributed by atoms with Crippen molar-refractivity contribution in [3.8, 4) is 0 Å². The highest BCUT2D eigenvalue weighted by atomic mass is 16.1. The summed E-state index contributed by atoms with van der Waals surface area (Å²) in [5.41, 5.74) is 2.75. The van der Waals surface area contributed by atoms with Gasteiger partial charge in [0.15, 0.2) is 0 Å². The van der Waals surface area contributed by atoms with Gasteiger partial charge < -0.3 is 5.32 Å². The van der Waals surface area contributed by atoms with Crippen LogP contribution in [0.5, 0.6) is 0 Å². The van der Waals surface area contributed by atoms with Crippen molar-refractivity contribution in [2.75, 3.05) is 13.1 Å². The van der Waals surface area contributed by atoms with Crippen LogP contribution in [0.2, 0.25) is 0 Å². The molecular weight excluding hydrogens is 380 g/mol. The van der Waals surface area contributed by atoms with E-state index in [0.717, 1.165) is 38.9 Å². The van der Waals surface area contributed by atoms with Crippen LogP contribution in [0.3, 0.4) is 0 Å². The molecule has 2 saturated heterocycles. The van der Waals surface area contributed by atoms with Crippen molar-refractivity contribution >= 4 is 5.91 Å². The van der Waals surface area contributed by atoms with Gasteiger partial charge in [-0.05, 0) is 50.3 Å². The quantitative estimate of drug-likeness (QED) is 0.628. The number of carbonyl (C=O) groups is 1. The highest BCUT2D eigenvalue weighted by Gasteiger charge is 2.42. The molecule has 2 aromatic carbocycles. The molecular formula is C28H38N2O. The summed E-state index contributed by atoms with van der Waals surface area (Å²) >= 11 is 0. The second-order valence-corrected chi connectivity index (χ2v) is 9.06. The summed E-state index contributed by atoms with van der Waals surface area (Å²) in [7, 11) is 0. The van der Waals surface area contributed by atoms with E-state index < -0.39 is 0 Å². The number of hydrogen-bond acceptors (Lipinski definition) is 2. The average molecular weight is 419 g/mol. The molecule has 0 bridgehead atoms. The van der Waals surface area contributed by atoms with Crippen LogP contribution in [0.25, 0.3) is 0 Å². The fourth-order valence-corrected chi connectivity index (χ4v) is 4.81. The molecule has 4 rings (SSSR count). The number of rotatable bonds is 5. The normalized spacial score (nSPS) is 23.7. The maximum Gasteiger partial charge on any atom is 0.224 e. The van der Waals surface area contributed by atoms with Gasteiger partial charge in [-0.1, -0.05) is 93.1 Å². The van der Waals surface area contributed by atoms with Crippen molar-refractivity contribution in [3.63, 3.8) is 0 Å². The highest BCUT2D eigenvalue weighted by molar-refractivity contribution is 5.79. The van der Waals surface area contributed by atoms with Crippen LogP contribution in [0, 0.1) is 11.3 Å². The molecule has 1 unspecified atom stereocenters. The highest BCUT2D eigenvalue weighted by Crippen LogP contribution is 2.46. The molecule has 2 fully saturated rings. The van der Waals surface area contributed by atoms with Crippen LogP contribution >= 0.6 is 0 Å². The summed E-state index contributed by atoms with van der Waals surface area (Å²) in [5.74, 6) is 0.865. The summed E-state index contributed by atoms with van der Waals surface area (Å²) in [6, 6.07) is 22.8. The summed E-state index contributed by atoms with van der Waals surface area (Å²) in [6.45, 7) is 7.94. The average Bonchev–Trinajstić information content (AvgIpc) is 2.82. The van der Waals surface area contributed by atoms with E-state index in [0.29, 0.717) is 12.3 Å². The molecule has 1 N–H and O–H groups in total. The minimum atomic E-state index is 0.141. The number of allylic oxidation sites excluding steroid dienone is 2. The molecule has 0 radical (unpaired) electrons. The lowest BCUT2D eigenvalue weighted by molar-refractivity contribution is -0.123. The lowest BCUT2D eigenvalue weighted by atomic mass is 9.65. The number of nitrogens with zero attached hydrogens (tertiary/aromatic N) is 1. The van der Waals surface area contributed by atoms with E-state index in [1.54, 1.807) is 0 Å². The zero-order valence-corrected chi connectivity index (χ0v) is 19.2. The van der Waals surface area contributed by atoms with Crippen LogP contribution in [-0.4, -0.2) is 23.9 Å². The van der Waals surface area contributed by atoms with Gasteiger partial charge in [0.2, 0.25) is 5.91 Å². The maximum atomic E-state index is 11.9. The Kier molecular flexibility index (Phi) is 8.90. The predicted octanol–water partition coefficient (Wildman–Crippen LogP) is 6.19. The number of benzene rings is 2. The van der Waals surface area contributed by atoms with Crippen molar-refractivity contribution < 1.29 is 4.79 Å². The molecule has 2 heterocycles. The molecule has 0 spiro atoms. The first-order valence-electron chi connectivity index (χ1n) is 11.9. The van der Waals surface area contributed by atoms with Crippen molar-refractivity contribution in [1.82, 2.24) is 10.2 Å². The van der Waals surface area contributed by atoms with Crippen molar-refractivity contribution in [2.24, 2.45) is 11.3 Å². The van der Waals surface area contributed by atoms with Crippen LogP contribution in [-0.2, 0) is 11.3 Å². The lowest BCUT2D eigenvalue weighted by Gasteiger charge is -2.46. The molecule has 2 aromatic rings. The van der Waals surface area contributed by atoms with Gasteiger partial charge in [0, 0.05) is 24.1 Å². The van der Waals surface area contributed by atoms with Crippen molar-refractivity contribution in [2.45, 2.75) is 58.9 Å². The number of nitrogens with one attached hydrogen (secondary N) is 1. The van der Waals surface area contributed by atoms with Gasteiger partial charge in [-0.25, -0.2) is 0 Å². The molecule has 2 aliphatic rings. The third-order valence-corrected chi connectivity index (χ3v) is 6.80. The van der Waals surface area contributed by atoms with E-state index in [4.69, 9.17) is 0 Å². The SMILES string of the molecule is CCC/C=C1\NC(=O)CCC1(C)C1CCN(Cc2ccccc2)CC1.c1ccccc1. The molecule has 1 atom stereocenters. The largest absolute Gasteiger partial charge is 0.330 e. The number of hydrogen-bond donors (Lipinski definition) is 1. The zero-order valence-electron chi connectivity index (χ0n) is 19.2. The topological polar surface area (TPSA) is 32.3 Å². The third kappa shape index (κ3) is 6.80. The van der Waals surface area contributed by atoms with Gasteiger partial charge in [0.25, 0.3) is 0 Å². The van der Waals surface area contributed by atoms with Gasteiger partial charge in [0.05, 0.1) is 0 Å². The van der Waals surface area contributed by atoms with E-state index in [9.17, 15) is 4.79 Å². The van der Waals surface area contributed by atoms with Gasteiger partial charge in [-0.15, -0.1) is 0 Å². The minimum absolute atomic E-state index is 0.141. The summed E-state index contributed by atoms with van der Waals surface area (Å²) in [4.78, 5) is 14.5. The molecule has 0 saturated carbocycles. The first kappa shape index (κ1) is 23.3. The number of likely N-dealkylation sites (tertiary alicyclic amines) is 1. The Balaban J connectivity index is 0.000000391. The van der Waals surface area contributed by atoms with Gasteiger partial charge in [-0.2, -0.15) is 0 Å². The summed E-state index contributed by atoms with van der Waals surface area (Å²) in [5, 5.41) is 3.20. The maximum absolute atomic E-state index is 11.9. The van der Waals surface area contributed by atoms with Gasteiger partial charge in [0.1, 0.15) is 0 Å². The predicted molar refractivity (Wildman–Crippen MR) is 129 cm³/mol. The van der Waals surface area contributed by atoms with E-state index >= 15 is 0 Å². The standard InChI is InChI=1S/C22H32N2O.C6H6/c1-3-4-10-20-22(2,14-11-21(25)23-20)19-12-15-24(16-13-19)17-18-8-6-5-7-9-18;1-2-4-6-5-3-1/h5-10,19H,3-4,11-17H2,1-2H3,(H,23,25);1-6H/b20-10-;. The molecule has 3 nitrogen and oxygen atoms in total.